The Hall–Kier alpha value is -3.36. The Morgan fingerprint density at radius 3 is 2.48 bits per heavy atom. The third kappa shape index (κ3) is 5.53. The number of H-pyrrole nitrogens is 1. The number of likely N-dealkylation sites (tertiary alicyclic amines) is 1. The van der Waals surface area contributed by atoms with Crippen LogP contribution in [-0.4, -0.2) is 39.4 Å². The van der Waals surface area contributed by atoms with Gasteiger partial charge in [-0.25, -0.2) is 4.79 Å². The fourth-order valence-electron chi connectivity index (χ4n) is 4.14. The number of nitrogen functional groups attached to an aromatic ring is 1. The first-order valence-electron chi connectivity index (χ1n) is 11.6. The lowest BCUT2D eigenvalue weighted by atomic mass is 10.1. The van der Waals surface area contributed by atoms with E-state index in [2.05, 4.69) is 4.98 Å². The minimum Gasteiger partial charge on any atom is -0.383 e. The van der Waals surface area contributed by atoms with E-state index < -0.39 is 17.2 Å². The standard InChI is InChI=1S/C24H33N5O4/c1-3-5-12-28(20-21(25)29(13-6-4-2)24(33)26-22(20)31)23(32)18-14-19(30)27(16-18)15-17-10-8-7-9-11-17/h7-11,18H,3-6,12-16,25H2,1-2H3,(H,26,31,33). The van der Waals surface area contributed by atoms with Gasteiger partial charge in [-0.05, 0) is 18.4 Å². The summed E-state index contributed by atoms with van der Waals surface area (Å²) in [6.45, 7) is 5.33. The van der Waals surface area contributed by atoms with Gasteiger partial charge < -0.3 is 15.5 Å². The molecule has 3 N–H and O–H groups in total. The number of hydrogen-bond acceptors (Lipinski definition) is 5. The van der Waals surface area contributed by atoms with E-state index >= 15 is 0 Å². The molecule has 9 heteroatoms. The molecular weight excluding hydrogens is 422 g/mol. The van der Waals surface area contributed by atoms with E-state index in [9.17, 15) is 19.2 Å². The summed E-state index contributed by atoms with van der Waals surface area (Å²) in [7, 11) is 0. The largest absolute Gasteiger partial charge is 0.383 e. The van der Waals surface area contributed by atoms with Crippen LogP contribution in [0, 0.1) is 5.92 Å². The Balaban J connectivity index is 1.89. The van der Waals surface area contributed by atoms with Crippen LogP contribution < -0.4 is 21.9 Å². The van der Waals surface area contributed by atoms with Crippen LogP contribution in [0.4, 0.5) is 11.5 Å². The predicted octanol–water partition coefficient (Wildman–Crippen LogP) is 2.10. The average Bonchev–Trinajstić information content (AvgIpc) is 3.16. The summed E-state index contributed by atoms with van der Waals surface area (Å²) in [6.07, 6.45) is 3.11. The van der Waals surface area contributed by atoms with E-state index in [1.165, 1.54) is 9.47 Å². The third-order valence-corrected chi connectivity index (χ3v) is 6.00. The smallest absolute Gasteiger partial charge is 0.330 e. The summed E-state index contributed by atoms with van der Waals surface area (Å²) in [5.74, 6) is -0.993. The van der Waals surface area contributed by atoms with E-state index in [1.54, 1.807) is 4.90 Å². The Labute approximate surface area is 193 Å². The van der Waals surface area contributed by atoms with Gasteiger partial charge in [0.1, 0.15) is 5.82 Å². The van der Waals surface area contributed by atoms with Crippen LogP contribution in [0.5, 0.6) is 0 Å². The number of amides is 2. The SMILES string of the molecule is CCCCN(C(=O)C1CC(=O)N(Cc2ccccc2)C1)c1c(N)n(CCCC)c(=O)[nH]c1=O. The van der Waals surface area contributed by atoms with Crippen LogP contribution in [-0.2, 0) is 22.7 Å². The van der Waals surface area contributed by atoms with Crippen molar-refractivity contribution in [2.45, 2.75) is 59.0 Å². The van der Waals surface area contributed by atoms with Crippen LogP contribution in [0.3, 0.4) is 0 Å². The van der Waals surface area contributed by atoms with E-state index in [0.717, 1.165) is 18.4 Å². The summed E-state index contributed by atoms with van der Waals surface area (Å²) >= 11 is 0. The number of hydrogen-bond donors (Lipinski definition) is 2. The first kappa shape index (κ1) is 24.3. The van der Waals surface area contributed by atoms with Gasteiger partial charge in [-0.15, -0.1) is 0 Å². The molecule has 9 nitrogen and oxygen atoms in total. The van der Waals surface area contributed by atoms with Crippen molar-refractivity contribution < 1.29 is 9.59 Å². The van der Waals surface area contributed by atoms with Crippen LogP contribution in [0.25, 0.3) is 0 Å². The van der Waals surface area contributed by atoms with Crippen molar-refractivity contribution in [1.82, 2.24) is 14.5 Å². The highest BCUT2D eigenvalue weighted by atomic mass is 16.2. The maximum absolute atomic E-state index is 13.6. The molecule has 1 atom stereocenters. The van der Waals surface area contributed by atoms with Gasteiger partial charge in [-0.1, -0.05) is 57.0 Å². The number of unbranched alkanes of at least 4 members (excludes halogenated alkanes) is 2. The average molecular weight is 456 g/mol. The summed E-state index contributed by atoms with van der Waals surface area (Å²) < 4.78 is 1.31. The Kier molecular flexibility index (Phi) is 8.08. The number of aromatic nitrogens is 2. The third-order valence-electron chi connectivity index (χ3n) is 6.00. The van der Waals surface area contributed by atoms with Crippen molar-refractivity contribution in [3.05, 3.63) is 56.7 Å². The molecule has 2 heterocycles. The molecule has 3 rings (SSSR count). The normalized spacial score (nSPS) is 15.8. The first-order valence-corrected chi connectivity index (χ1v) is 11.6. The van der Waals surface area contributed by atoms with Gasteiger partial charge in [0.2, 0.25) is 11.8 Å². The minimum absolute atomic E-state index is 0.00175. The van der Waals surface area contributed by atoms with E-state index in [1.807, 2.05) is 44.2 Å². The number of rotatable bonds is 10. The lowest BCUT2D eigenvalue weighted by Crippen LogP contribution is -2.44. The number of anilines is 2. The maximum Gasteiger partial charge on any atom is 0.330 e. The van der Waals surface area contributed by atoms with Crippen molar-refractivity contribution in [3.63, 3.8) is 0 Å². The Morgan fingerprint density at radius 2 is 1.82 bits per heavy atom. The summed E-state index contributed by atoms with van der Waals surface area (Å²) in [6, 6.07) is 9.61. The molecule has 1 aliphatic heterocycles. The molecule has 33 heavy (non-hydrogen) atoms. The van der Waals surface area contributed by atoms with Gasteiger partial charge >= 0.3 is 5.69 Å². The molecule has 2 amide bonds. The lowest BCUT2D eigenvalue weighted by Gasteiger charge is -2.27. The van der Waals surface area contributed by atoms with Crippen molar-refractivity contribution >= 4 is 23.3 Å². The second kappa shape index (κ2) is 11.0. The van der Waals surface area contributed by atoms with Crippen molar-refractivity contribution in [2.75, 3.05) is 23.7 Å². The topological polar surface area (TPSA) is 121 Å². The molecule has 0 radical (unpaired) electrons. The molecular formula is C24H33N5O4. The fraction of sp³-hybridized carbons (Fsp3) is 0.500. The van der Waals surface area contributed by atoms with Gasteiger partial charge in [-0.2, -0.15) is 0 Å². The molecule has 0 bridgehead atoms. The number of benzene rings is 1. The highest BCUT2D eigenvalue weighted by Crippen LogP contribution is 2.26. The summed E-state index contributed by atoms with van der Waals surface area (Å²) in [5, 5.41) is 0. The van der Waals surface area contributed by atoms with Crippen LogP contribution >= 0.6 is 0 Å². The van der Waals surface area contributed by atoms with Gasteiger partial charge in [0.15, 0.2) is 5.69 Å². The molecule has 178 valence electrons. The predicted molar refractivity (Wildman–Crippen MR) is 128 cm³/mol. The van der Waals surface area contributed by atoms with Gasteiger partial charge in [0.25, 0.3) is 5.56 Å². The van der Waals surface area contributed by atoms with Gasteiger partial charge in [-0.3, -0.25) is 23.9 Å². The molecule has 2 aromatic rings. The zero-order valence-corrected chi connectivity index (χ0v) is 19.4. The molecule has 1 aromatic heterocycles. The number of carbonyl (C=O) groups excluding carboxylic acids is 2. The molecule has 1 fully saturated rings. The van der Waals surface area contributed by atoms with Crippen LogP contribution in [0.2, 0.25) is 0 Å². The monoisotopic (exact) mass is 455 g/mol. The molecule has 0 aliphatic carbocycles. The quantitative estimate of drug-likeness (QED) is 0.568. The minimum atomic E-state index is -0.680. The number of nitrogens with two attached hydrogens (primary N) is 1. The maximum atomic E-state index is 13.6. The summed E-state index contributed by atoms with van der Waals surface area (Å²) in [5.41, 5.74) is 5.99. The number of nitrogens with zero attached hydrogens (tertiary/aromatic N) is 3. The molecule has 1 saturated heterocycles. The first-order chi connectivity index (χ1) is 15.9. The van der Waals surface area contributed by atoms with Crippen molar-refractivity contribution in [1.29, 1.82) is 0 Å². The van der Waals surface area contributed by atoms with Gasteiger partial charge in [0, 0.05) is 32.6 Å². The van der Waals surface area contributed by atoms with E-state index in [4.69, 9.17) is 5.73 Å². The van der Waals surface area contributed by atoms with Crippen LogP contribution in [0.15, 0.2) is 39.9 Å². The zero-order chi connectivity index (χ0) is 24.0. The summed E-state index contributed by atoms with van der Waals surface area (Å²) in [4.78, 5) is 56.6. The lowest BCUT2D eigenvalue weighted by molar-refractivity contribution is -0.128. The highest BCUT2D eigenvalue weighted by Gasteiger charge is 2.38. The molecule has 1 aromatic carbocycles. The number of nitrogens with one attached hydrogen (secondary N) is 1. The van der Waals surface area contributed by atoms with Gasteiger partial charge in [0.05, 0.1) is 5.92 Å². The molecule has 1 aliphatic rings. The number of carbonyl (C=O) groups is 2. The van der Waals surface area contributed by atoms with Crippen molar-refractivity contribution in [2.24, 2.45) is 5.92 Å². The number of aromatic amines is 1. The fourth-order valence-corrected chi connectivity index (χ4v) is 4.14. The van der Waals surface area contributed by atoms with E-state index in [-0.39, 0.29) is 42.8 Å². The van der Waals surface area contributed by atoms with Crippen LogP contribution in [0.1, 0.15) is 51.5 Å². The Morgan fingerprint density at radius 1 is 1.12 bits per heavy atom. The molecule has 1 unspecified atom stereocenters. The van der Waals surface area contributed by atoms with Crippen molar-refractivity contribution in [3.8, 4) is 0 Å². The zero-order valence-electron chi connectivity index (χ0n) is 19.4. The second-order valence-corrected chi connectivity index (χ2v) is 8.50. The molecule has 0 spiro atoms. The van der Waals surface area contributed by atoms with E-state index in [0.29, 0.717) is 25.9 Å². The second-order valence-electron chi connectivity index (χ2n) is 8.50. The molecule has 0 saturated carbocycles. The Bertz CT molecular complexity index is 1090. The highest BCUT2D eigenvalue weighted by molar-refractivity contribution is 6.00.